The molecule has 1 aliphatic carbocycles. The van der Waals surface area contributed by atoms with E-state index in [-0.39, 0.29) is 12.0 Å². The van der Waals surface area contributed by atoms with Crippen molar-refractivity contribution in [2.45, 2.75) is 5.92 Å². The van der Waals surface area contributed by atoms with Crippen molar-refractivity contribution >= 4 is 23.5 Å². The summed E-state index contributed by atoms with van der Waals surface area (Å²) in [4.78, 5) is 16.6. The maximum Gasteiger partial charge on any atom is 0.409 e. The number of hydrogen-bond donors (Lipinski definition) is 0. The maximum absolute atomic E-state index is 12.7. The molecule has 0 saturated carbocycles. The SMILES string of the molecule is O=C(OCC1c2ccccc2-c2ccccc21)N1CCN(c2ccc(Cl)nn2)CC1. The Morgan fingerprint density at radius 3 is 2.13 bits per heavy atom. The largest absolute Gasteiger partial charge is 0.448 e. The van der Waals surface area contributed by atoms with E-state index in [1.807, 2.05) is 18.2 Å². The summed E-state index contributed by atoms with van der Waals surface area (Å²) in [5.41, 5.74) is 4.90. The number of ether oxygens (including phenoxy) is 1. The van der Waals surface area contributed by atoms with Crippen LogP contribution in [0.3, 0.4) is 0 Å². The molecule has 2 aromatic carbocycles. The van der Waals surface area contributed by atoms with Crippen molar-refractivity contribution in [1.29, 1.82) is 0 Å². The first-order valence-corrected chi connectivity index (χ1v) is 10.4. The quantitative estimate of drug-likeness (QED) is 0.635. The van der Waals surface area contributed by atoms with Crippen LogP contribution in [0.1, 0.15) is 17.0 Å². The zero-order valence-corrected chi connectivity index (χ0v) is 17.1. The molecule has 0 atom stereocenters. The number of fused-ring (bicyclic) bond motifs is 3. The third-order valence-electron chi connectivity index (χ3n) is 5.82. The number of amides is 1. The highest BCUT2D eigenvalue weighted by Gasteiger charge is 2.30. The lowest BCUT2D eigenvalue weighted by molar-refractivity contribution is 0.0976. The molecule has 152 valence electrons. The third-order valence-corrected chi connectivity index (χ3v) is 6.02. The lowest BCUT2D eigenvalue weighted by Crippen LogP contribution is -2.49. The number of carbonyl (C=O) groups is 1. The van der Waals surface area contributed by atoms with Gasteiger partial charge in [0.1, 0.15) is 6.61 Å². The Labute approximate surface area is 180 Å². The molecular weight excluding hydrogens is 400 g/mol. The zero-order chi connectivity index (χ0) is 20.5. The van der Waals surface area contributed by atoms with Gasteiger partial charge in [-0.1, -0.05) is 60.1 Å². The van der Waals surface area contributed by atoms with Gasteiger partial charge in [0.15, 0.2) is 11.0 Å². The number of piperazine rings is 1. The molecule has 2 heterocycles. The predicted octanol–water partition coefficient (Wildman–Crippen LogP) is 4.20. The number of rotatable bonds is 3. The van der Waals surface area contributed by atoms with Gasteiger partial charge in [0.2, 0.25) is 0 Å². The van der Waals surface area contributed by atoms with E-state index in [1.165, 1.54) is 22.3 Å². The first-order valence-electron chi connectivity index (χ1n) is 10.0. The summed E-state index contributed by atoms with van der Waals surface area (Å²) in [7, 11) is 0. The van der Waals surface area contributed by atoms with Crippen LogP contribution in [0.2, 0.25) is 5.15 Å². The second kappa shape index (κ2) is 7.95. The van der Waals surface area contributed by atoms with Gasteiger partial charge in [-0.25, -0.2) is 4.79 Å². The number of anilines is 1. The first-order chi connectivity index (χ1) is 14.7. The van der Waals surface area contributed by atoms with Crippen LogP contribution < -0.4 is 4.90 Å². The highest BCUT2D eigenvalue weighted by Crippen LogP contribution is 2.44. The molecule has 2 aliphatic rings. The lowest BCUT2D eigenvalue weighted by atomic mass is 9.98. The summed E-state index contributed by atoms with van der Waals surface area (Å²) in [6, 6.07) is 20.3. The van der Waals surface area contributed by atoms with Crippen LogP contribution in [0, 0.1) is 0 Å². The second-order valence-electron chi connectivity index (χ2n) is 7.49. The van der Waals surface area contributed by atoms with Crippen molar-refractivity contribution in [3.05, 3.63) is 76.9 Å². The van der Waals surface area contributed by atoms with Crippen molar-refractivity contribution in [3.8, 4) is 11.1 Å². The summed E-state index contributed by atoms with van der Waals surface area (Å²) in [5, 5.41) is 8.37. The molecule has 0 unspecified atom stereocenters. The van der Waals surface area contributed by atoms with Crippen LogP contribution in [-0.2, 0) is 4.74 Å². The van der Waals surface area contributed by atoms with Crippen LogP contribution in [-0.4, -0.2) is 54.0 Å². The highest BCUT2D eigenvalue weighted by molar-refractivity contribution is 6.29. The molecule has 0 radical (unpaired) electrons. The minimum Gasteiger partial charge on any atom is -0.448 e. The molecule has 7 heteroatoms. The second-order valence-corrected chi connectivity index (χ2v) is 7.88. The Morgan fingerprint density at radius 1 is 0.900 bits per heavy atom. The van der Waals surface area contributed by atoms with Crippen molar-refractivity contribution in [2.75, 3.05) is 37.7 Å². The molecule has 1 amide bonds. The smallest absolute Gasteiger partial charge is 0.409 e. The zero-order valence-electron chi connectivity index (χ0n) is 16.4. The Bertz CT molecular complexity index is 1020. The Balaban J connectivity index is 1.22. The summed E-state index contributed by atoms with van der Waals surface area (Å²) >= 11 is 5.81. The molecule has 0 spiro atoms. The Morgan fingerprint density at radius 2 is 1.53 bits per heavy atom. The van der Waals surface area contributed by atoms with E-state index in [0.29, 0.717) is 37.9 Å². The van der Waals surface area contributed by atoms with Crippen LogP contribution in [0.5, 0.6) is 0 Å². The Kier molecular flexibility index (Phi) is 5.01. The molecule has 30 heavy (non-hydrogen) atoms. The van der Waals surface area contributed by atoms with Gasteiger partial charge in [0, 0.05) is 32.1 Å². The van der Waals surface area contributed by atoms with Crippen molar-refractivity contribution in [2.24, 2.45) is 0 Å². The number of hydrogen-bond acceptors (Lipinski definition) is 5. The molecule has 5 rings (SSSR count). The van der Waals surface area contributed by atoms with E-state index in [4.69, 9.17) is 16.3 Å². The van der Waals surface area contributed by atoms with Gasteiger partial charge < -0.3 is 14.5 Å². The minimum atomic E-state index is -0.265. The fourth-order valence-corrected chi connectivity index (χ4v) is 4.38. The van der Waals surface area contributed by atoms with E-state index in [2.05, 4.69) is 51.5 Å². The number of halogens is 1. The molecular formula is C23H21ClN4O2. The van der Waals surface area contributed by atoms with Gasteiger partial charge in [0.05, 0.1) is 0 Å². The monoisotopic (exact) mass is 420 g/mol. The maximum atomic E-state index is 12.7. The first kappa shape index (κ1) is 18.9. The molecule has 0 bridgehead atoms. The van der Waals surface area contributed by atoms with E-state index >= 15 is 0 Å². The van der Waals surface area contributed by atoms with E-state index in [1.54, 1.807) is 11.0 Å². The molecule has 6 nitrogen and oxygen atoms in total. The van der Waals surface area contributed by atoms with E-state index in [0.717, 1.165) is 5.82 Å². The van der Waals surface area contributed by atoms with Crippen LogP contribution in [0.15, 0.2) is 60.7 Å². The van der Waals surface area contributed by atoms with Gasteiger partial charge in [-0.15, -0.1) is 10.2 Å². The predicted molar refractivity (Wildman–Crippen MR) is 116 cm³/mol. The van der Waals surface area contributed by atoms with Crippen molar-refractivity contribution in [3.63, 3.8) is 0 Å². The average Bonchev–Trinajstić information content (AvgIpc) is 3.12. The third kappa shape index (κ3) is 3.48. The molecule has 0 N–H and O–H groups in total. The van der Waals surface area contributed by atoms with E-state index < -0.39 is 0 Å². The van der Waals surface area contributed by atoms with Gasteiger partial charge in [-0.2, -0.15) is 0 Å². The number of benzene rings is 2. The van der Waals surface area contributed by atoms with Crippen molar-refractivity contribution in [1.82, 2.24) is 15.1 Å². The fourth-order valence-electron chi connectivity index (χ4n) is 4.28. The number of carbonyl (C=O) groups excluding carboxylic acids is 1. The Hall–Kier alpha value is -3.12. The van der Waals surface area contributed by atoms with Gasteiger partial charge >= 0.3 is 6.09 Å². The standard InChI is InChI=1S/C23H21ClN4O2/c24-21-9-10-22(26-25-21)27-11-13-28(14-12-27)23(29)30-15-20-18-7-3-1-5-16(18)17-6-2-4-8-19(17)20/h1-10,20H,11-15H2. The summed E-state index contributed by atoms with van der Waals surface area (Å²) in [6.07, 6.45) is -0.265. The fraction of sp³-hybridized carbons (Fsp3) is 0.261. The summed E-state index contributed by atoms with van der Waals surface area (Å²) < 4.78 is 5.76. The molecule has 1 aromatic heterocycles. The highest BCUT2D eigenvalue weighted by atomic mass is 35.5. The number of nitrogens with zero attached hydrogens (tertiary/aromatic N) is 4. The molecule has 1 fully saturated rings. The van der Waals surface area contributed by atoms with Crippen LogP contribution in [0.25, 0.3) is 11.1 Å². The lowest BCUT2D eigenvalue weighted by Gasteiger charge is -2.34. The van der Waals surface area contributed by atoms with Crippen LogP contribution >= 0.6 is 11.6 Å². The van der Waals surface area contributed by atoms with Gasteiger partial charge in [0.25, 0.3) is 0 Å². The molecule has 1 saturated heterocycles. The van der Waals surface area contributed by atoms with Crippen LogP contribution in [0.4, 0.5) is 10.6 Å². The van der Waals surface area contributed by atoms with Crippen molar-refractivity contribution < 1.29 is 9.53 Å². The molecule has 3 aromatic rings. The molecule has 1 aliphatic heterocycles. The summed E-state index contributed by atoms with van der Waals surface area (Å²) in [6.45, 7) is 2.87. The summed E-state index contributed by atoms with van der Waals surface area (Å²) in [5.74, 6) is 0.846. The topological polar surface area (TPSA) is 58.6 Å². The average molecular weight is 421 g/mol. The number of aromatic nitrogens is 2. The minimum absolute atomic E-state index is 0.0759. The van der Waals surface area contributed by atoms with Gasteiger partial charge in [-0.05, 0) is 34.4 Å². The van der Waals surface area contributed by atoms with E-state index in [9.17, 15) is 4.79 Å². The van der Waals surface area contributed by atoms with Gasteiger partial charge in [-0.3, -0.25) is 0 Å². The normalized spacial score (nSPS) is 15.6.